The Kier molecular flexibility index (Phi) is 5.86. The van der Waals surface area contributed by atoms with E-state index >= 15 is 0 Å². The van der Waals surface area contributed by atoms with E-state index in [1.165, 1.54) is 29.9 Å². The van der Waals surface area contributed by atoms with Crippen LogP contribution in [0.5, 0.6) is 0 Å². The van der Waals surface area contributed by atoms with Crippen molar-refractivity contribution in [3.63, 3.8) is 0 Å². The van der Waals surface area contributed by atoms with E-state index in [1.54, 1.807) is 24.1 Å². The van der Waals surface area contributed by atoms with Crippen LogP contribution in [0.4, 0.5) is 9.18 Å². The van der Waals surface area contributed by atoms with Gasteiger partial charge in [0.1, 0.15) is 31.4 Å². The Hall–Kier alpha value is -2.70. The minimum absolute atomic E-state index is 0.00161. The topological polar surface area (TPSA) is 114 Å². The van der Waals surface area contributed by atoms with Gasteiger partial charge in [-0.25, -0.2) is 22.3 Å². The average Bonchev–Trinajstić information content (AvgIpc) is 3.41. The lowest BCUT2D eigenvalue weighted by Gasteiger charge is -2.27. The van der Waals surface area contributed by atoms with Crippen LogP contribution in [0, 0.1) is 5.92 Å². The van der Waals surface area contributed by atoms with Crippen molar-refractivity contribution in [2.75, 3.05) is 26.9 Å². The third-order valence-corrected chi connectivity index (χ3v) is 7.36. The molecule has 32 heavy (non-hydrogen) atoms. The van der Waals surface area contributed by atoms with E-state index < -0.39 is 40.1 Å². The van der Waals surface area contributed by atoms with Gasteiger partial charge in [-0.05, 0) is 31.1 Å². The predicted octanol–water partition coefficient (Wildman–Crippen LogP) is 0.474. The van der Waals surface area contributed by atoms with Crippen LogP contribution in [0.15, 0.2) is 35.5 Å². The number of imide groups is 1. The molecule has 2 heterocycles. The zero-order valence-corrected chi connectivity index (χ0v) is 18.6. The lowest BCUT2D eigenvalue weighted by Crippen LogP contribution is -2.54. The molecule has 0 spiro atoms. The van der Waals surface area contributed by atoms with Crippen LogP contribution < -0.4 is 4.72 Å². The van der Waals surface area contributed by atoms with Gasteiger partial charge in [-0.1, -0.05) is 0 Å². The number of aromatic nitrogens is 2. The molecule has 10 nitrogen and oxygen atoms in total. The Balaban J connectivity index is 1.69. The summed E-state index contributed by atoms with van der Waals surface area (Å²) in [5.74, 6) is -1.51. The summed E-state index contributed by atoms with van der Waals surface area (Å²) in [6, 6.07) is -0.515. The number of nitrogens with zero attached hydrogens (tertiary/aromatic N) is 4. The van der Waals surface area contributed by atoms with Crippen molar-refractivity contribution < 1.29 is 31.7 Å². The molecule has 1 aliphatic heterocycles. The average molecular weight is 467 g/mol. The van der Waals surface area contributed by atoms with Crippen LogP contribution >= 0.6 is 0 Å². The molecule has 1 aromatic heterocycles. The molecule has 2 aliphatic carbocycles. The van der Waals surface area contributed by atoms with E-state index in [0.29, 0.717) is 24.1 Å². The minimum Gasteiger partial charge on any atom is -0.381 e. The highest BCUT2D eigenvalue weighted by Crippen LogP contribution is 2.37. The summed E-state index contributed by atoms with van der Waals surface area (Å²) in [6.07, 6.45) is 8.22. The highest BCUT2D eigenvalue weighted by atomic mass is 32.2. The highest BCUT2D eigenvalue weighted by Gasteiger charge is 2.50. The van der Waals surface area contributed by atoms with Gasteiger partial charge in [0.05, 0.1) is 23.2 Å². The van der Waals surface area contributed by atoms with Crippen molar-refractivity contribution >= 4 is 27.7 Å². The van der Waals surface area contributed by atoms with Crippen LogP contribution in [-0.4, -0.2) is 77.8 Å². The van der Waals surface area contributed by atoms with Crippen molar-refractivity contribution in [1.82, 2.24) is 19.4 Å². The lowest BCUT2D eigenvalue weighted by atomic mass is 9.94. The number of amides is 3. The first-order chi connectivity index (χ1) is 15.2. The summed E-state index contributed by atoms with van der Waals surface area (Å²) in [5, 5.41) is 4.06. The molecule has 1 saturated carbocycles. The number of halogens is 1. The van der Waals surface area contributed by atoms with Crippen molar-refractivity contribution in [2.45, 2.75) is 24.9 Å². The van der Waals surface area contributed by atoms with Crippen LogP contribution in [-0.2, 0) is 33.1 Å². The van der Waals surface area contributed by atoms with Gasteiger partial charge in [-0.2, -0.15) is 19.4 Å². The first kappa shape index (κ1) is 22.5. The van der Waals surface area contributed by atoms with Gasteiger partial charge in [0.2, 0.25) is 10.0 Å². The number of hydrogen-bond acceptors (Lipinski definition) is 6. The quantitative estimate of drug-likeness (QED) is 0.530. The van der Waals surface area contributed by atoms with Gasteiger partial charge in [0, 0.05) is 25.9 Å². The summed E-state index contributed by atoms with van der Waals surface area (Å²) >= 11 is 0. The minimum atomic E-state index is -4.03. The van der Waals surface area contributed by atoms with E-state index in [1.807, 2.05) is 0 Å². The number of sulfonamides is 1. The third-order valence-electron chi connectivity index (χ3n) is 5.76. The van der Waals surface area contributed by atoms with E-state index in [9.17, 15) is 22.4 Å². The maximum absolute atomic E-state index is 13.3. The van der Waals surface area contributed by atoms with E-state index in [2.05, 4.69) is 9.82 Å². The molecule has 1 atom stereocenters. The number of methoxy groups -OCH3 is 1. The Morgan fingerprint density at radius 1 is 1.34 bits per heavy atom. The van der Waals surface area contributed by atoms with Crippen LogP contribution in [0.2, 0.25) is 0 Å². The fourth-order valence-corrected chi connectivity index (χ4v) is 5.29. The fourth-order valence-electron chi connectivity index (χ4n) is 3.78. The van der Waals surface area contributed by atoms with Crippen molar-refractivity contribution in [2.24, 2.45) is 13.0 Å². The lowest BCUT2D eigenvalue weighted by molar-refractivity contribution is -0.444. The van der Waals surface area contributed by atoms with Crippen molar-refractivity contribution in [3.8, 4) is 0 Å². The number of hydrogen-bond donors (Lipinski definition) is 1. The Labute approximate surface area is 185 Å². The molecule has 12 heteroatoms. The van der Waals surface area contributed by atoms with Crippen LogP contribution in [0.1, 0.15) is 18.4 Å². The van der Waals surface area contributed by atoms with Gasteiger partial charge in [0.25, 0.3) is 0 Å². The maximum atomic E-state index is 13.3. The molecule has 1 N–H and O–H groups in total. The van der Waals surface area contributed by atoms with Crippen LogP contribution in [0.3, 0.4) is 0 Å². The molecule has 1 fully saturated rings. The maximum Gasteiger partial charge on any atom is 0.501 e. The molecule has 1 unspecified atom stereocenters. The Morgan fingerprint density at radius 2 is 2.09 bits per heavy atom. The van der Waals surface area contributed by atoms with Crippen molar-refractivity contribution in [3.05, 3.63) is 41.1 Å². The zero-order valence-electron chi connectivity index (χ0n) is 17.8. The number of aryl methyl sites for hydroxylation is 1. The number of ether oxygens (including phenoxy) is 1. The fraction of sp³-hybridized carbons (Fsp3) is 0.500. The third kappa shape index (κ3) is 4.17. The standard InChI is InChI=1S/C20H25FN5O5S/c1-24-11-14(10-22-24)12-26-18(27)16-9-15(32(29,30)23-20(13-21)5-6-20)3-4-17(16)25(19(26)28)7-8-31-2/h3-4,9-11,16,23H,5-8,12-13H2,1-2H3/q+1. The Bertz CT molecular complexity index is 1150. The molecule has 1 aromatic rings. The van der Waals surface area contributed by atoms with Gasteiger partial charge in [0.15, 0.2) is 0 Å². The number of urea groups is 1. The first-order valence-electron chi connectivity index (χ1n) is 10.2. The van der Waals surface area contributed by atoms with Gasteiger partial charge in [-0.3, -0.25) is 4.68 Å². The first-order valence-corrected chi connectivity index (χ1v) is 11.6. The zero-order chi connectivity index (χ0) is 23.1. The van der Waals surface area contributed by atoms with E-state index in [0.717, 1.165) is 4.90 Å². The van der Waals surface area contributed by atoms with Gasteiger partial charge in [-0.15, -0.1) is 0 Å². The molecule has 0 radical (unpaired) electrons. The molecule has 0 saturated heterocycles. The second-order valence-electron chi connectivity index (χ2n) is 8.20. The summed E-state index contributed by atoms with van der Waals surface area (Å²) in [6.45, 7) is -0.357. The summed E-state index contributed by atoms with van der Waals surface area (Å²) < 4.78 is 49.4. The largest absolute Gasteiger partial charge is 0.501 e. The van der Waals surface area contributed by atoms with Gasteiger partial charge >= 0.3 is 11.9 Å². The number of carbonyl (C=O) groups excluding carboxylic acids is 2. The second-order valence-corrected chi connectivity index (χ2v) is 9.88. The number of carbonyl (C=O) groups is 2. The molecule has 0 aromatic carbocycles. The summed E-state index contributed by atoms with van der Waals surface area (Å²) in [7, 11) is -0.801. The highest BCUT2D eigenvalue weighted by molar-refractivity contribution is 7.93. The Morgan fingerprint density at radius 3 is 2.69 bits per heavy atom. The molecular weight excluding hydrogens is 441 g/mol. The number of fused-ring (bicyclic) bond motifs is 1. The molecule has 3 aliphatic rings. The van der Waals surface area contributed by atoms with Crippen molar-refractivity contribution in [1.29, 1.82) is 0 Å². The van der Waals surface area contributed by atoms with Gasteiger partial charge < -0.3 is 4.74 Å². The summed E-state index contributed by atoms with van der Waals surface area (Å²) in [5.41, 5.74) is -0.0150. The van der Waals surface area contributed by atoms with E-state index in [4.69, 9.17) is 4.74 Å². The molecular formula is C20H25FN5O5S+. The molecule has 0 bridgehead atoms. The SMILES string of the molecule is COCC[N+]1=C2C=CC(S(=O)(=O)NC3(CF)CC3)=CC2C(=O)N(Cc2cnn(C)c2)C1=O. The van der Waals surface area contributed by atoms with Crippen LogP contribution in [0.25, 0.3) is 0 Å². The molecule has 4 rings (SSSR count). The van der Waals surface area contributed by atoms with E-state index in [-0.39, 0.29) is 24.6 Å². The monoisotopic (exact) mass is 466 g/mol. The molecule has 3 amide bonds. The summed E-state index contributed by atoms with van der Waals surface area (Å²) in [4.78, 5) is 27.4. The second kappa shape index (κ2) is 8.34. The predicted molar refractivity (Wildman–Crippen MR) is 112 cm³/mol. The normalized spacial score (nSPS) is 22.3. The number of allylic oxidation sites excluding steroid dienone is 2. The molecule has 172 valence electrons. The smallest absolute Gasteiger partial charge is 0.381 e. The number of alkyl halides is 1. The number of nitrogens with one attached hydrogen (secondary N) is 1. The number of rotatable bonds is 9.